The maximum atomic E-state index is 13.3. The molecular weight excluding hydrogens is 595 g/mol. The molecule has 0 radical (unpaired) electrons. The number of carbonyl (C=O) groups is 1. The molecule has 0 saturated carbocycles. The van der Waals surface area contributed by atoms with Crippen LogP contribution in [0.2, 0.25) is 0 Å². The second kappa shape index (κ2) is 16.0. The maximum absolute atomic E-state index is 13.3. The molecule has 1 aliphatic rings. The molecule has 43 heavy (non-hydrogen) atoms. The number of nitrogens with one attached hydrogen (secondary N) is 3. The quantitative estimate of drug-likeness (QED) is 0.231. The van der Waals surface area contributed by atoms with E-state index in [2.05, 4.69) is 20.3 Å². The van der Waals surface area contributed by atoms with E-state index in [1.54, 1.807) is 43.5 Å². The van der Waals surface area contributed by atoms with E-state index in [9.17, 15) is 17.6 Å². The highest BCUT2D eigenvalue weighted by molar-refractivity contribution is 7.92. The van der Waals surface area contributed by atoms with Crippen molar-refractivity contribution >= 4 is 39.7 Å². The van der Waals surface area contributed by atoms with E-state index in [0.29, 0.717) is 29.3 Å². The number of hydrogen-bond acceptors (Lipinski definition) is 7. The van der Waals surface area contributed by atoms with Gasteiger partial charge in [-0.3, -0.25) is 14.4 Å². The Balaban J connectivity index is 0.00000506. The molecule has 3 N–H and O–H groups in total. The summed E-state index contributed by atoms with van der Waals surface area (Å²) in [7, 11) is -1.71. The number of anilines is 2. The Labute approximate surface area is 259 Å². The van der Waals surface area contributed by atoms with Crippen molar-refractivity contribution in [2.24, 2.45) is 0 Å². The van der Waals surface area contributed by atoms with Crippen molar-refractivity contribution < 1.29 is 27.1 Å². The molecule has 0 aromatic heterocycles. The van der Waals surface area contributed by atoms with Gasteiger partial charge in [-0.05, 0) is 98.6 Å². The molecule has 3 aromatic rings. The molecule has 2 unspecified atom stereocenters. The first-order chi connectivity index (χ1) is 20.1. The van der Waals surface area contributed by atoms with Gasteiger partial charge in [-0.15, -0.1) is 12.4 Å². The molecule has 0 aliphatic carbocycles. The lowest BCUT2D eigenvalue weighted by atomic mass is 10.00. The lowest BCUT2D eigenvalue weighted by Gasteiger charge is -2.36. The number of halogens is 2. The first-order valence-corrected chi connectivity index (χ1v) is 15.9. The molecule has 1 aliphatic heterocycles. The molecule has 1 amide bonds. The third-order valence-corrected chi connectivity index (χ3v) is 7.80. The van der Waals surface area contributed by atoms with Gasteiger partial charge < -0.3 is 20.1 Å². The summed E-state index contributed by atoms with van der Waals surface area (Å²) in [5.41, 5.74) is 2.19. The van der Waals surface area contributed by atoms with Crippen molar-refractivity contribution in [3.63, 3.8) is 0 Å². The molecule has 12 heteroatoms. The zero-order valence-electron chi connectivity index (χ0n) is 24.6. The van der Waals surface area contributed by atoms with Gasteiger partial charge in [0.25, 0.3) is 0 Å². The van der Waals surface area contributed by atoms with E-state index in [4.69, 9.17) is 9.47 Å². The van der Waals surface area contributed by atoms with E-state index < -0.39 is 16.1 Å². The predicted octanol–water partition coefficient (Wildman–Crippen LogP) is 5.40. The van der Waals surface area contributed by atoms with Gasteiger partial charge in [-0.25, -0.2) is 12.8 Å². The zero-order chi connectivity index (χ0) is 30.1. The van der Waals surface area contributed by atoms with E-state index in [0.717, 1.165) is 38.7 Å². The molecule has 3 aromatic carbocycles. The molecule has 1 saturated heterocycles. The number of likely N-dealkylation sites (tertiary alicyclic amines) is 1. The Hall–Kier alpha value is -3.22. The van der Waals surface area contributed by atoms with Gasteiger partial charge in [-0.2, -0.15) is 0 Å². The van der Waals surface area contributed by atoms with E-state index in [-0.39, 0.29) is 36.3 Å². The number of amides is 1. The largest absolute Gasteiger partial charge is 0.457 e. The van der Waals surface area contributed by atoms with Crippen LogP contribution in [0.4, 0.5) is 15.8 Å². The van der Waals surface area contributed by atoms with Crippen molar-refractivity contribution in [2.45, 2.75) is 50.9 Å². The van der Waals surface area contributed by atoms with Crippen LogP contribution in [-0.4, -0.2) is 63.9 Å². The predicted molar refractivity (Wildman–Crippen MR) is 170 cm³/mol. The van der Waals surface area contributed by atoms with Crippen LogP contribution in [0.15, 0.2) is 72.8 Å². The number of piperidine rings is 1. The number of benzene rings is 3. The smallest absolute Gasteiger partial charge is 0.244 e. The minimum Gasteiger partial charge on any atom is -0.457 e. The van der Waals surface area contributed by atoms with Crippen molar-refractivity contribution in [2.75, 3.05) is 36.5 Å². The highest BCUT2D eigenvalue weighted by Crippen LogP contribution is 2.25. The molecule has 234 valence electrons. The summed E-state index contributed by atoms with van der Waals surface area (Å²) in [6.07, 6.45) is 3.29. The standard InChI is InChI=1S/C31H39FN4O5S.ClH/c1-4-29(40-2)30(31(37)34-24-9-7-23(32)8-10-24)33-25-17-19-36(20-18-25)21-22-5-13-27(14-6-22)41-28-15-11-26(12-16-28)35-42(3,38)39;/h5-16,25,29-30,33,35H,4,17-21H2,1-3H3,(H,34,37);1H. The van der Waals surface area contributed by atoms with Gasteiger partial charge in [0, 0.05) is 31.1 Å². The van der Waals surface area contributed by atoms with Gasteiger partial charge in [0.2, 0.25) is 15.9 Å². The number of rotatable bonds is 13. The van der Waals surface area contributed by atoms with Crippen molar-refractivity contribution in [3.05, 3.63) is 84.2 Å². The van der Waals surface area contributed by atoms with E-state index in [1.165, 1.54) is 17.7 Å². The topological polar surface area (TPSA) is 109 Å². The van der Waals surface area contributed by atoms with Gasteiger partial charge in [0.1, 0.15) is 23.4 Å². The van der Waals surface area contributed by atoms with Crippen LogP contribution in [-0.2, 0) is 26.1 Å². The van der Waals surface area contributed by atoms with Crippen LogP contribution in [0.1, 0.15) is 31.7 Å². The van der Waals surface area contributed by atoms with Crippen molar-refractivity contribution in [1.82, 2.24) is 10.2 Å². The summed E-state index contributed by atoms with van der Waals surface area (Å²) in [6, 6.07) is 20.1. The summed E-state index contributed by atoms with van der Waals surface area (Å²) in [5.74, 6) is 0.760. The van der Waals surface area contributed by atoms with Crippen LogP contribution >= 0.6 is 12.4 Å². The molecule has 4 rings (SSSR count). The minimum absolute atomic E-state index is 0. The van der Waals surface area contributed by atoms with E-state index >= 15 is 0 Å². The maximum Gasteiger partial charge on any atom is 0.244 e. The summed E-state index contributed by atoms with van der Waals surface area (Å²) in [4.78, 5) is 15.5. The molecule has 0 spiro atoms. The van der Waals surface area contributed by atoms with Crippen molar-refractivity contribution in [1.29, 1.82) is 0 Å². The average molecular weight is 635 g/mol. The second-order valence-corrected chi connectivity index (χ2v) is 12.3. The van der Waals surface area contributed by atoms with Gasteiger partial charge in [0.15, 0.2) is 0 Å². The van der Waals surface area contributed by atoms with Crippen LogP contribution in [0, 0.1) is 5.82 Å². The lowest BCUT2D eigenvalue weighted by Crippen LogP contribution is -2.55. The molecular formula is C31H40ClFN4O5S. The Morgan fingerprint density at radius 2 is 1.51 bits per heavy atom. The number of methoxy groups -OCH3 is 1. The highest BCUT2D eigenvalue weighted by Gasteiger charge is 2.31. The average Bonchev–Trinajstić information content (AvgIpc) is 2.96. The third kappa shape index (κ3) is 10.8. The van der Waals surface area contributed by atoms with Gasteiger partial charge in [0.05, 0.1) is 12.4 Å². The Morgan fingerprint density at radius 1 is 0.953 bits per heavy atom. The summed E-state index contributed by atoms with van der Waals surface area (Å²) in [6.45, 7) is 4.57. The van der Waals surface area contributed by atoms with Crippen LogP contribution < -0.4 is 20.1 Å². The first-order valence-electron chi connectivity index (χ1n) is 14.0. The third-order valence-electron chi connectivity index (χ3n) is 7.20. The Kier molecular flexibility index (Phi) is 12.8. The fourth-order valence-electron chi connectivity index (χ4n) is 5.02. The van der Waals surface area contributed by atoms with Crippen LogP contribution in [0.3, 0.4) is 0 Å². The van der Waals surface area contributed by atoms with Gasteiger partial charge in [-0.1, -0.05) is 19.1 Å². The molecule has 0 bridgehead atoms. The summed E-state index contributed by atoms with van der Waals surface area (Å²) < 4.78 is 50.0. The highest BCUT2D eigenvalue weighted by atomic mass is 35.5. The van der Waals surface area contributed by atoms with E-state index in [1.807, 2.05) is 31.2 Å². The Morgan fingerprint density at radius 3 is 2.05 bits per heavy atom. The minimum atomic E-state index is -3.33. The monoisotopic (exact) mass is 634 g/mol. The summed E-state index contributed by atoms with van der Waals surface area (Å²) >= 11 is 0. The fourth-order valence-corrected chi connectivity index (χ4v) is 5.58. The second-order valence-electron chi connectivity index (χ2n) is 10.5. The zero-order valence-corrected chi connectivity index (χ0v) is 26.2. The number of hydrogen-bond donors (Lipinski definition) is 3. The first kappa shape index (κ1) is 34.3. The summed E-state index contributed by atoms with van der Waals surface area (Å²) in [5, 5.41) is 6.42. The van der Waals surface area contributed by atoms with Crippen molar-refractivity contribution in [3.8, 4) is 11.5 Å². The SMILES string of the molecule is CCC(OC)C(NC1CCN(Cc2ccc(Oc3ccc(NS(C)(=O)=O)cc3)cc2)CC1)C(=O)Nc1ccc(F)cc1.Cl. The van der Waals surface area contributed by atoms with Crippen LogP contribution in [0.5, 0.6) is 11.5 Å². The number of carbonyl (C=O) groups excluding carboxylic acids is 1. The van der Waals surface area contributed by atoms with Gasteiger partial charge >= 0.3 is 0 Å². The van der Waals surface area contributed by atoms with Crippen LogP contribution in [0.25, 0.3) is 0 Å². The number of sulfonamides is 1. The Bertz CT molecular complexity index is 1400. The molecule has 2 atom stereocenters. The molecule has 9 nitrogen and oxygen atoms in total. The normalized spacial score (nSPS) is 15.6. The molecule has 1 heterocycles. The number of ether oxygens (including phenoxy) is 2. The fraction of sp³-hybridized carbons (Fsp3) is 0.387. The lowest BCUT2D eigenvalue weighted by molar-refractivity contribution is -0.122. The molecule has 1 fully saturated rings. The number of nitrogens with zero attached hydrogens (tertiary/aromatic N) is 1.